The Morgan fingerprint density at radius 1 is 1.42 bits per heavy atom. The number of rotatable bonds is 8. The maximum absolute atomic E-state index is 11.8. The summed E-state index contributed by atoms with van der Waals surface area (Å²) in [5.74, 6) is 1.52. The van der Waals surface area contributed by atoms with E-state index in [1.165, 1.54) is 7.11 Å². The minimum atomic E-state index is -0.114. The van der Waals surface area contributed by atoms with Gasteiger partial charge in [0.1, 0.15) is 12.1 Å². The Labute approximate surface area is 152 Å². The third-order valence-electron chi connectivity index (χ3n) is 4.43. The van der Waals surface area contributed by atoms with Crippen LogP contribution < -0.4 is 15.5 Å². The molecule has 1 aliphatic heterocycles. The molecule has 0 saturated carbocycles. The second-order valence-corrected chi connectivity index (χ2v) is 6.44. The number of hydrogen-bond acceptors (Lipinski definition) is 7. The van der Waals surface area contributed by atoms with Gasteiger partial charge >= 0.3 is 0 Å². The molecule has 26 heavy (non-hydrogen) atoms. The van der Waals surface area contributed by atoms with Crippen molar-refractivity contribution in [2.75, 3.05) is 45.8 Å². The molecule has 140 valence electrons. The lowest BCUT2D eigenvalue weighted by Gasteiger charge is -2.17. The van der Waals surface area contributed by atoms with Gasteiger partial charge in [-0.1, -0.05) is 0 Å². The molecule has 0 radical (unpaired) electrons. The summed E-state index contributed by atoms with van der Waals surface area (Å²) in [5, 5.41) is 3.33. The van der Waals surface area contributed by atoms with E-state index in [0.29, 0.717) is 18.2 Å². The molecule has 0 aromatic carbocycles. The average molecular weight is 359 g/mol. The lowest BCUT2D eigenvalue weighted by Crippen LogP contribution is -2.26. The highest BCUT2D eigenvalue weighted by atomic mass is 16.5. The van der Waals surface area contributed by atoms with E-state index < -0.39 is 0 Å². The first-order chi connectivity index (χ1) is 12.7. The number of H-pyrrole nitrogens is 1. The zero-order valence-electron chi connectivity index (χ0n) is 15.2. The van der Waals surface area contributed by atoms with Crippen molar-refractivity contribution in [2.45, 2.75) is 18.9 Å². The molecule has 1 saturated heterocycles. The van der Waals surface area contributed by atoms with Crippen LogP contribution in [-0.4, -0.2) is 60.3 Å². The predicted molar refractivity (Wildman–Crippen MR) is 98.6 cm³/mol. The van der Waals surface area contributed by atoms with Crippen molar-refractivity contribution >= 4 is 5.82 Å². The number of anilines is 1. The Hall–Kier alpha value is -2.45. The standard InChI is InChI=1S/C18H25N5O3/c1-23(10-14-7-16(24)17(25-2)9-20-14)5-4-19-18-8-15(21-12-22-18)13-3-6-26-11-13/h7-9,12-13H,3-6,10-11H2,1-2H3,(H,20,24)(H,19,21,22)/t13-/m0/s1. The molecule has 1 aliphatic rings. The Bertz CT molecular complexity index is 773. The number of nitrogens with zero attached hydrogens (tertiary/aromatic N) is 3. The van der Waals surface area contributed by atoms with Crippen LogP contribution >= 0.6 is 0 Å². The maximum atomic E-state index is 11.8. The zero-order chi connectivity index (χ0) is 18.4. The quantitative estimate of drug-likeness (QED) is 0.732. The van der Waals surface area contributed by atoms with Crippen molar-refractivity contribution in [1.29, 1.82) is 0 Å². The van der Waals surface area contributed by atoms with Crippen LogP contribution in [0.2, 0.25) is 0 Å². The van der Waals surface area contributed by atoms with E-state index >= 15 is 0 Å². The summed E-state index contributed by atoms with van der Waals surface area (Å²) in [7, 11) is 3.49. The molecule has 0 aliphatic carbocycles. The number of likely N-dealkylation sites (N-methyl/N-ethyl adjacent to an activating group) is 1. The molecular weight excluding hydrogens is 334 g/mol. The number of aromatic nitrogens is 3. The number of nitrogens with one attached hydrogen (secondary N) is 2. The van der Waals surface area contributed by atoms with Gasteiger partial charge < -0.3 is 19.8 Å². The van der Waals surface area contributed by atoms with Gasteiger partial charge in [0.25, 0.3) is 0 Å². The van der Waals surface area contributed by atoms with Crippen LogP contribution in [0.15, 0.2) is 29.5 Å². The molecule has 1 fully saturated rings. The average Bonchev–Trinajstić information content (AvgIpc) is 3.17. The summed E-state index contributed by atoms with van der Waals surface area (Å²) in [6.45, 7) is 3.73. The molecule has 2 aromatic heterocycles. The summed E-state index contributed by atoms with van der Waals surface area (Å²) in [6, 6.07) is 3.57. The van der Waals surface area contributed by atoms with Crippen molar-refractivity contribution in [2.24, 2.45) is 0 Å². The molecule has 2 N–H and O–H groups in total. The fourth-order valence-electron chi connectivity index (χ4n) is 2.96. The lowest BCUT2D eigenvalue weighted by atomic mass is 10.1. The molecular formula is C18H25N5O3. The van der Waals surface area contributed by atoms with Crippen LogP contribution in [0.5, 0.6) is 5.75 Å². The van der Waals surface area contributed by atoms with Crippen LogP contribution in [0.1, 0.15) is 23.7 Å². The fraction of sp³-hybridized carbons (Fsp3) is 0.500. The second-order valence-electron chi connectivity index (χ2n) is 6.44. The number of pyridine rings is 1. The third kappa shape index (κ3) is 4.80. The van der Waals surface area contributed by atoms with E-state index in [2.05, 4.69) is 25.2 Å². The molecule has 0 spiro atoms. The van der Waals surface area contributed by atoms with Gasteiger partial charge in [0, 0.05) is 56.2 Å². The third-order valence-corrected chi connectivity index (χ3v) is 4.43. The Kier molecular flexibility index (Phi) is 6.19. The molecule has 8 nitrogen and oxygen atoms in total. The first kappa shape index (κ1) is 18.3. The molecule has 3 heterocycles. The van der Waals surface area contributed by atoms with E-state index in [9.17, 15) is 4.79 Å². The van der Waals surface area contributed by atoms with Gasteiger partial charge in [-0.2, -0.15) is 0 Å². The molecule has 0 bridgehead atoms. The van der Waals surface area contributed by atoms with Gasteiger partial charge in [0.15, 0.2) is 5.75 Å². The Morgan fingerprint density at radius 3 is 3.04 bits per heavy atom. The van der Waals surface area contributed by atoms with Gasteiger partial charge in [-0.05, 0) is 13.5 Å². The van der Waals surface area contributed by atoms with E-state index in [1.807, 2.05) is 13.1 Å². The van der Waals surface area contributed by atoms with E-state index in [0.717, 1.165) is 49.9 Å². The van der Waals surface area contributed by atoms with Crippen LogP contribution in [0, 0.1) is 0 Å². The first-order valence-electron chi connectivity index (χ1n) is 8.73. The van der Waals surface area contributed by atoms with Crippen LogP contribution in [0.3, 0.4) is 0 Å². The smallest absolute Gasteiger partial charge is 0.223 e. The summed E-state index contributed by atoms with van der Waals surface area (Å²) in [5.41, 5.74) is 1.77. The van der Waals surface area contributed by atoms with Crippen molar-refractivity contribution in [3.05, 3.63) is 46.3 Å². The van der Waals surface area contributed by atoms with Gasteiger partial charge in [-0.25, -0.2) is 9.97 Å². The summed E-state index contributed by atoms with van der Waals surface area (Å²) in [6.07, 6.45) is 4.21. The van der Waals surface area contributed by atoms with Crippen LogP contribution in [0.25, 0.3) is 0 Å². The summed E-state index contributed by atoms with van der Waals surface area (Å²) < 4.78 is 10.4. The van der Waals surface area contributed by atoms with Crippen molar-refractivity contribution < 1.29 is 9.47 Å². The van der Waals surface area contributed by atoms with Gasteiger partial charge in [-0.3, -0.25) is 9.69 Å². The van der Waals surface area contributed by atoms with Crippen LogP contribution in [0.4, 0.5) is 5.82 Å². The maximum Gasteiger partial charge on any atom is 0.223 e. The molecule has 1 atom stereocenters. The molecule has 0 unspecified atom stereocenters. The number of methoxy groups -OCH3 is 1. The monoisotopic (exact) mass is 359 g/mol. The van der Waals surface area contributed by atoms with E-state index in [1.54, 1.807) is 18.6 Å². The predicted octanol–water partition coefficient (Wildman–Crippen LogP) is 1.22. The molecule has 0 amide bonds. The zero-order valence-corrected chi connectivity index (χ0v) is 15.2. The highest BCUT2D eigenvalue weighted by molar-refractivity contribution is 5.36. The topological polar surface area (TPSA) is 92.4 Å². The Morgan fingerprint density at radius 2 is 2.31 bits per heavy atom. The van der Waals surface area contributed by atoms with E-state index in [4.69, 9.17) is 9.47 Å². The first-order valence-corrected chi connectivity index (χ1v) is 8.73. The van der Waals surface area contributed by atoms with E-state index in [-0.39, 0.29) is 5.43 Å². The largest absolute Gasteiger partial charge is 0.491 e. The highest BCUT2D eigenvalue weighted by Crippen LogP contribution is 2.24. The normalized spacial score (nSPS) is 16.8. The molecule has 8 heteroatoms. The van der Waals surface area contributed by atoms with Crippen LogP contribution in [-0.2, 0) is 11.3 Å². The fourth-order valence-corrected chi connectivity index (χ4v) is 2.96. The summed E-state index contributed by atoms with van der Waals surface area (Å²) in [4.78, 5) is 25.6. The number of aromatic amines is 1. The van der Waals surface area contributed by atoms with Crippen molar-refractivity contribution in [3.8, 4) is 5.75 Å². The molecule has 2 aromatic rings. The summed E-state index contributed by atoms with van der Waals surface area (Å²) >= 11 is 0. The Balaban J connectivity index is 1.47. The second kappa shape index (κ2) is 8.77. The lowest BCUT2D eigenvalue weighted by molar-refractivity contribution is 0.193. The molecule has 3 rings (SSSR count). The number of ether oxygens (including phenoxy) is 2. The van der Waals surface area contributed by atoms with Crippen molar-refractivity contribution in [3.63, 3.8) is 0 Å². The minimum Gasteiger partial charge on any atom is -0.491 e. The number of hydrogen-bond donors (Lipinski definition) is 2. The van der Waals surface area contributed by atoms with Crippen molar-refractivity contribution in [1.82, 2.24) is 19.9 Å². The SMILES string of the molecule is COc1c[nH]c(CN(C)CCNc2cc([C@H]3CCOC3)ncn2)cc1=O. The van der Waals surface area contributed by atoms with Gasteiger partial charge in [-0.15, -0.1) is 0 Å². The highest BCUT2D eigenvalue weighted by Gasteiger charge is 2.19. The van der Waals surface area contributed by atoms with Gasteiger partial charge in [0.05, 0.1) is 19.4 Å². The van der Waals surface area contributed by atoms with Gasteiger partial charge in [0.2, 0.25) is 5.43 Å². The minimum absolute atomic E-state index is 0.114.